The number of hydrogen-bond acceptors (Lipinski definition) is 2. The van der Waals surface area contributed by atoms with Crippen LogP contribution in [0.2, 0.25) is 0 Å². The summed E-state index contributed by atoms with van der Waals surface area (Å²) < 4.78 is 0. The molecule has 0 bridgehead atoms. The second-order valence-electron chi connectivity index (χ2n) is 5.08. The average molecular weight is 199 g/mol. The van der Waals surface area contributed by atoms with Crippen LogP contribution in [0.25, 0.3) is 0 Å². The second kappa shape index (κ2) is 4.63. The smallest absolute Gasteiger partial charge is 0.0791 e. The van der Waals surface area contributed by atoms with Crippen LogP contribution in [0.5, 0.6) is 0 Å². The number of likely N-dealkylation sites (tertiary alicyclic amines) is 1. The summed E-state index contributed by atoms with van der Waals surface area (Å²) in [5.41, 5.74) is -0.412. The Balaban J connectivity index is 2.51. The third-order valence-corrected chi connectivity index (χ3v) is 3.79. The molecule has 1 aliphatic rings. The largest absolute Gasteiger partial charge is 0.388 e. The molecule has 1 rings (SSSR count). The Morgan fingerprint density at radius 2 is 2.00 bits per heavy atom. The fourth-order valence-corrected chi connectivity index (χ4v) is 2.65. The molecular formula is C12H25NO. The molecule has 0 aliphatic carbocycles. The summed E-state index contributed by atoms with van der Waals surface area (Å²) in [6, 6.07) is 0.536. The van der Waals surface area contributed by atoms with Crippen molar-refractivity contribution in [2.24, 2.45) is 5.92 Å². The van der Waals surface area contributed by atoms with Gasteiger partial charge in [-0.2, -0.15) is 0 Å². The van der Waals surface area contributed by atoms with Crippen LogP contribution in [0.3, 0.4) is 0 Å². The van der Waals surface area contributed by atoms with Crippen molar-refractivity contribution in [3.63, 3.8) is 0 Å². The molecule has 1 N–H and O–H groups in total. The number of nitrogens with zero attached hydrogens (tertiary/aromatic N) is 1. The van der Waals surface area contributed by atoms with Gasteiger partial charge in [0, 0.05) is 12.6 Å². The van der Waals surface area contributed by atoms with E-state index in [-0.39, 0.29) is 0 Å². The molecule has 0 spiro atoms. The lowest BCUT2D eigenvalue weighted by Gasteiger charge is -2.26. The first-order valence-electron chi connectivity index (χ1n) is 5.93. The minimum absolute atomic E-state index is 0.412. The van der Waals surface area contributed by atoms with E-state index in [0.717, 1.165) is 19.4 Å². The number of aliphatic hydroxyl groups is 1. The van der Waals surface area contributed by atoms with Crippen LogP contribution >= 0.6 is 0 Å². The van der Waals surface area contributed by atoms with Crippen molar-refractivity contribution in [1.82, 2.24) is 4.90 Å². The van der Waals surface area contributed by atoms with Gasteiger partial charge in [0.2, 0.25) is 0 Å². The molecule has 0 aromatic rings. The summed E-state index contributed by atoms with van der Waals surface area (Å²) in [6.45, 7) is 7.49. The Bertz CT molecular complexity index is 167. The minimum Gasteiger partial charge on any atom is -0.388 e. The van der Waals surface area contributed by atoms with Gasteiger partial charge in [0.05, 0.1) is 5.60 Å². The molecule has 0 radical (unpaired) electrons. The van der Waals surface area contributed by atoms with Gasteiger partial charge in [0.15, 0.2) is 0 Å². The lowest BCUT2D eigenvalue weighted by Crippen LogP contribution is -2.34. The third-order valence-electron chi connectivity index (χ3n) is 3.79. The maximum absolute atomic E-state index is 10.4. The van der Waals surface area contributed by atoms with E-state index in [1.54, 1.807) is 0 Å². The molecule has 2 nitrogen and oxygen atoms in total. The summed E-state index contributed by atoms with van der Waals surface area (Å²) in [5.74, 6) is 0.693. The number of hydrogen-bond donors (Lipinski definition) is 1. The highest BCUT2D eigenvalue weighted by molar-refractivity contribution is 4.94. The van der Waals surface area contributed by atoms with Crippen LogP contribution in [0.4, 0.5) is 0 Å². The minimum atomic E-state index is -0.412. The molecule has 14 heavy (non-hydrogen) atoms. The van der Waals surface area contributed by atoms with Crippen molar-refractivity contribution >= 4 is 0 Å². The molecule has 2 atom stereocenters. The quantitative estimate of drug-likeness (QED) is 0.751. The number of likely N-dealkylation sites (N-methyl/N-ethyl adjacent to an activating group) is 1. The molecule has 0 aromatic carbocycles. The van der Waals surface area contributed by atoms with E-state index in [2.05, 4.69) is 32.7 Å². The van der Waals surface area contributed by atoms with Gasteiger partial charge >= 0.3 is 0 Å². The fourth-order valence-electron chi connectivity index (χ4n) is 2.65. The molecule has 84 valence electrons. The molecule has 2 heteroatoms. The van der Waals surface area contributed by atoms with E-state index < -0.39 is 5.60 Å². The van der Waals surface area contributed by atoms with Gasteiger partial charge in [-0.05, 0) is 32.7 Å². The topological polar surface area (TPSA) is 23.5 Å². The van der Waals surface area contributed by atoms with Gasteiger partial charge in [0.1, 0.15) is 0 Å². The molecule has 0 aromatic heterocycles. The van der Waals surface area contributed by atoms with E-state index in [0.29, 0.717) is 12.0 Å². The predicted molar refractivity (Wildman–Crippen MR) is 60.3 cm³/mol. The molecule has 1 heterocycles. The SMILES string of the molecule is CCC(CC)CC1(O)CC(C)N(C)C1. The van der Waals surface area contributed by atoms with Crippen LogP contribution < -0.4 is 0 Å². The van der Waals surface area contributed by atoms with Gasteiger partial charge in [-0.25, -0.2) is 0 Å². The monoisotopic (exact) mass is 199 g/mol. The van der Waals surface area contributed by atoms with Gasteiger partial charge in [-0.1, -0.05) is 26.7 Å². The van der Waals surface area contributed by atoms with E-state index in [4.69, 9.17) is 0 Å². The summed E-state index contributed by atoms with van der Waals surface area (Å²) >= 11 is 0. The number of β-amino-alcohol motifs (C(OH)–C–C–N with tert-alkyl or cyclic N) is 1. The highest BCUT2D eigenvalue weighted by Gasteiger charge is 2.39. The van der Waals surface area contributed by atoms with Crippen molar-refractivity contribution in [2.45, 2.75) is 58.1 Å². The van der Waals surface area contributed by atoms with Crippen LogP contribution in [-0.2, 0) is 0 Å². The normalized spacial score (nSPS) is 34.3. The first-order valence-corrected chi connectivity index (χ1v) is 5.93. The van der Waals surface area contributed by atoms with Gasteiger partial charge in [-0.15, -0.1) is 0 Å². The standard InChI is InChI=1S/C12H25NO/c1-5-11(6-2)8-12(14)7-10(3)13(4)9-12/h10-11,14H,5-9H2,1-4H3. The Labute approximate surface area is 88.3 Å². The predicted octanol–water partition coefficient (Wildman–Crippen LogP) is 2.27. The molecule has 1 fully saturated rings. The summed E-state index contributed by atoms with van der Waals surface area (Å²) in [4.78, 5) is 2.27. The Morgan fingerprint density at radius 1 is 1.43 bits per heavy atom. The maximum atomic E-state index is 10.4. The summed E-state index contributed by atoms with van der Waals surface area (Å²) in [6.07, 6.45) is 4.31. The molecular weight excluding hydrogens is 174 g/mol. The Morgan fingerprint density at radius 3 is 2.36 bits per heavy atom. The van der Waals surface area contributed by atoms with Crippen LogP contribution in [0, 0.1) is 5.92 Å². The Hall–Kier alpha value is -0.0800. The van der Waals surface area contributed by atoms with E-state index in [1.165, 1.54) is 12.8 Å². The van der Waals surface area contributed by atoms with Gasteiger partial charge in [0.25, 0.3) is 0 Å². The van der Waals surface area contributed by atoms with Crippen molar-refractivity contribution in [3.8, 4) is 0 Å². The maximum Gasteiger partial charge on any atom is 0.0791 e. The zero-order chi connectivity index (χ0) is 10.8. The summed E-state index contributed by atoms with van der Waals surface area (Å²) in [7, 11) is 2.11. The zero-order valence-corrected chi connectivity index (χ0v) is 10.1. The lowest BCUT2D eigenvalue weighted by atomic mass is 9.86. The van der Waals surface area contributed by atoms with Crippen molar-refractivity contribution in [2.75, 3.05) is 13.6 Å². The second-order valence-corrected chi connectivity index (χ2v) is 5.08. The molecule has 0 amide bonds. The van der Waals surface area contributed by atoms with Gasteiger partial charge in [-0.3, -0.25) is 0 Å². The zero-order valence-electron chi connectivity index (χ0n) is 10.1. The third kappa shape index (κ3) is 2.71. The molecule has 1 saturated heterocycles. The van der Waals surface area contributed by atoms with Crippen molar-refractivity contribution < 1.29 is 5.11 Å². The first-order chi connectivity index (χ1) is 6.50. The van der Waals surface area contributed by atoms with E-state index in [9.17, 15) is 5.11 Å². The highest BCUT2D eigenvalue weighted by Crippen LogP contribution is 2.33. The fraction of sp³-hybridized carbons (Fsp3) is 1.00. The van der Waals surface area contributed by atoms with Crippen LogP contribution in [0.15, 0.2) is 0 Å². The molecule has 0 saturated carbocycles. The first kappa shape index (κ1) is 12.0. The lowest BCUT2D eigenvalue weighted by molar-refractivity contribution is 0.0250. The number of rotatable bonds is 4. The highest BCUT2D eigenvalue weighted by atomic mass is 16.3. The Kier molecular flexibility index (Phi) is 3.96. The van der Waals surface area contributed by atoms with Gasteiger partial charge < -0.3 is 10.0 Å². The van der Waals surface area contributed by atoms with E-state index in [1.807, 2.05) is 0 Å². The van der Waals surface area contributed by atoms with Crippen LogP contribution in [-0.4, -0.2) is 35.2 Å². The van der Waals surface area contributed by atoms with E-state index >= 15 is 0 Å². The molecule has 1 aliphatic heterocycles. The van der Waals surface area contributed by atoms with Crippen molar-refractivity contribution in [1.29, 1.82) is 0 Å². The molecule has 2 unspecified atom stereocenters. The van der Waals surface area contributed by atoms with Crippen LogP contribution in [0.1, 0.15) is 46.5 Å². The average Bonchev–Trinajstić information content (AvgIpc) is 2.37. The summed E-state index contributed by atoms with van der Waals surface area (Å²) in [5, 5.41) is 10.4. The van der Waals surface area contributed by atoms with Crippen molar-refractivity contribution in [3.05, 3.63) is 0 Å².